The molecule has 0 spiro atoms. The molecule has 0 aromatic heterocycles. The van der Waals surface area contributed by atoms with Crippen LogP contribution in [0.15, 0.2) is 78.9 Å². The third kappa shape index (κ3) is 3.72. The first-order valence-corrected chi connectivity index (χ1v) is 7.93. The minimum atomic E-state index is -1.12. The fraction of sp³-hybridized carbons (Fsp3) is 0.0476. The monoisotopic (exact) mass is 348 g/mol. The third-order valence-electron chi connectivity index (χ3n) is 3.83. The number of esters is 1. The van der Waals surface area contributed by atoms with Crippen LogP contribution in [-0.4, -0.2) is 22.0 Å². The van der Waals surface area contributed by atoms with E-state index in [-0.39, 0.29) is 17.1 Å². The fourth-order valence-electron chi connectivity index (χ4n) is 2.48. The van der Waals surface area contributed by atoms with Crippen molar-refractivity contribution in [1.29, 1.82) is 0 Å². The van der Waals surface area contributed by atoms with Crippen molar-refractivity contribution in [2.75, 3.05) is 0 Å². The van der Waals surface area contributed by atoms with Gasteiger partial charge in [0.1, 0.15) is 0 Å². The Morgan fingerprint density at radius 1 is 0.731 bits per heavy atom. The average Bonchev–Trinajstić information content (AvgIpc) is 2.69. The Morgan fingerprint density at radius 2 is 1.35 bits per heavy atom. The van der Waals surface area contributed by atoms with E-state index in [4.69, 9.17) is 4.74 Å². The van der Waals surface area contributed by atoms with E-state index < -0.39 is 17.8 Å². The van der Waals surface area contributed by atoms with E-state index in [2.05, 4.69) is 0 Å². The van der Waals surface area contributed by atoms with Crippen molar-refractivity contribution < 1.29 is 24.5 Å². The number of benzene rings is 3. The van der Waals surface area contributed by atoms with E-state index in [0.717, 1.165) is 6.07 Å². The molecule has 0 fully saturated rings. The zero-order valence-corrected chi connectivity index (χ0v) is 13.7. The van der Waals surface area contributed by atoms with Gasteiger partial charge >= 0.3 is 5.97 Å². The number of rotatable bonds is 5. The highest BCUT2D eigenvalue weighted by Gasteiger charge is 2.26. The van der Waals surface area contributed by atoms with Gasteiger partial charge in [-0.2, -0.15) is 0 Å². The lowest BCUT2D eigenvalue weighted by atomic mass is 10.00. The van der Waals surface area contributed by atoms with Gasteiger partial charge in [0.05, 0.1) is 5.56 Å². The standard InChI is InChI=1S/C21H16O5/c22-17-12-11-16(13-18(17)23)21(25)26-20(15-9-5-2-6-10-15)19(24)14-7-3-1-4-8-14/h1-13,20,22-23H. The highest BCUT2D eigenvalue weighted by molar-refractivity contribution is 6.02. The van der Waals surface area contributed by atoms with Crippen molar-refractivity contribution in [3.63, 3.8) is 0 Å². The summed E-state index contributed by atoms with van der Waals surface area (Å²) in [6, 6.07) is 20.8. The van der Waals surface area contributed by atoms with Gasteiger partial charge in [0.2, 0.25) is 5.78 Å². The van der Waals surface area contributed by atoms with E-state index in [1.165, 1.54) is 12.1 Å². The third-order valence-corrected chi connectivity index (χ3v) is 3.83. The number of aromatic hydroxyl groups is 2. The highest BCUT2D eigenvalue weighted by atomic mass is 16.5. The quantitative estimate of drug-likeness (QED) is 0.415. The predicted molar refractivity (Wildman–Crippen MR) is 95.1 cm³/mol. The Kier molecular flexibility index (Phi) is 4.99. The Morgan fingerprint density at radius 3 is 1.96 bits per heavy atom. The summed E-state index contributed by atoms with van der Waals surface area (Å²) < 4.78 is 5.45. The van der Waals surface area contributed by atoms with Crippen LogP contribution in [0.1, 0.15) is 32.4 Å². The normalized spacial score (nSPS) is 11.5. The first-order chi connectivity index (χ1) is 12.6. The summed E-state index contributed by atoms with van der Waals surface area (Å²) in [4.78, 5) is 25.3. The van der Waals surface area contributed by atoms with Crippen LogP contribution in [0.5, 0.6) is 11.5 Å². The van der Waals surface area contributed by atoms with Crippen LogP contribution in [0.25, 0.3) is 0 Å². The molecule has 1 atom stereocenters. The molecule has 5 nitrogen and oxygen atoms in total. The molecule has 0 aliphatic rings. The number of hydrogen-bond acceptors (Lipinski definition) is 5. The number of carbonyl (C=O) groups excluding carboxylic acids is 2. The number of ketones is 1. The van der Waals surface area contributed by atoms with Crippen molar-refractivity contribution in [3.05, 3.63) is 95.6 Å². The van der Waals surface area contributed by atoms with E-state index in [1.807, 2.05) is 0 Å². The first-order valence-electron chi connectivity index (χ1n) is 7.93. The largest absolute Gasteiger partial charge is 0.504 e. The molecule has 3 aromatic carbocycles. The summed E-state index contributed by atoms with van der Waals surface area (Å²) in [5.74, 6) is -1.92. The topological polar surface area (TPSA) is 83.8 Å². The second-order valence-corrected chi connectivity index (χ2v) is 5.63. The van der Waals surface area contributed by atoms with Crippen LogP contribution in [0.2, 0.25) is 0 Å². The van der Waals surface area contributed by atoms with Crippen LogP contribution >= 0.6 is 0 Å². The zero-order valence-electron chi connectivity index (χ0n) is 13.7. The Balaban J connectivity index is 1.92. The number of carbonyl (C=O) groups is 2. The number of hydrogen-bond donors (Lipinski definition) is 2. The molecule has 5 heteroatoms. The van der Waals surface area contributed by atoms with Gasteiger partial charge in [0, 0.05) is 11.1 Å². The van der Waals surface area contributed by atoms with E-state index in [1.54, 1.807) is 60.7 Å². The average molecular weight is 348 g/mol. The number of phenolic OH excluding ortho intramolecular Hbond substituents is 2. The van der Waals surface area contributed by atoms with Crippen molar-refractivity contribution in [2.45, 2.75) is 6.10 Å². The van der Waals surface area contributed by atoms with Crippen molar-refractivity contribution in [2.24, 2.45) is 0 Å². The molecule has 3 aromatic rings. The molecule has 0 aliphatic carbocycles. The number of phenols is 2. The molecule has 26 heavy (non-hydrogen) atoms. The minimum Gasteiger partial charge on any atom is -0.504 e. The van der Waals surface area contributed by atoms with Gasteiger partial charge < -0.3 is 14.9 Å². The van der Waals surface area contributed by atoms with Crippen molar-refractivity contribution in [3.8, 4) is 11.5 Å². The highest BCUT2D eigenvalue weighted by Crippen LogP contribution is 2.28. The molecular formula is C21H16O5. The van der Waals surface area contributed by atoms with E-state index in [9.17, 15) is 19.8 Å². The minimum absolute atomic E-state index is 0.0297. The number of Topliss-reactive ketones (excluding diaryl/α,β-unsaturated/α-hetero) is 1. The molecule has 0 heterocycles. The molecule has 0 saturated carbocycles. The SMILES string of the molecule is O=C(OC(C(=O)c1ccccc1)c1ccccc1)c1ccc(O)c(O)c1. The zero-order chi connectivity index (χ0) is 18.5. The van der Waals surface area contributed by atoms with Gasteiger partial charge in [-0.25, -0.2) is 4.79 Å². The van der Waals surface area contributed by atoms with Crippen molar-refractivity contribution >= 4 is 11.8 Å². The van der Waals surface area contributed by atoms with Gasteiger partial charge in [0.15, 0.2) is 17.6 Å². The van der Waals surface area contributed by atoms with Gasteiger partial charge in [-0.3, -0.25) is 4.79 Å². The van der Waals surface area contributed by atoms with Crippen LogP contribution in [0.4, 0.5) is 0 Å². The summed E-state index contributed by atoms with van der Waals surface area (Å²) in [7, 11) is 0. The molecular weight excluding hydrogens is 332 g/mol. The Bertz CT molecular complexity index is 920. The second kappa shape index (κ2) is 7.53. The van der Waals surface area contributed by atoms with Crippen LogP contribution in [-0.2, 0) is 4.74 Å². The molecule has 0 bridgehead atoms. The maximum Gasteiger partial charge on any atom is 0.339 e. The summed E-state index contributed by atoms with van der Waals surface area (Å²) in [6.07, 6.45) is -1.12. The van der Waals surface area contributed by atoms with Crippen LogP contribution in [0.3, 0.4) is 0 Å². The van der Waals surface area contributed by atoms with Gasteiger partial charge in [-0.1, -0.05) is 60.7 Å². The Hall–Kier alpha value is -3.60. The lowest BCUT2D eigenvalue weighted by Gasteiger charge is -2.17. The predicted octanol–water partition coefficient (Wildman–Crippen LogP) is 3.88. The van der Waals surface area contributed by atoms with E-state index in [0.29, 0.717) is 11.1 Å². The lowest BCUT2D eigenvalue weighted by molar-refractivity contribution is 0.0279. The maximum absolute atomic E-state index is 12.9. The molecule has 0 radical (unpaired) electrons. The molecule has 0 saturated heterocycles. The van der Waals surface area contributed by atoms with Gasteiger partial charge in [0.25, 0.3) is 0 Å². The van der Waals surface area contributed by atoms with Gasteiger partial charge in [-0.15, -0.1) is 0 Å². The van der Waals surface area contributed by atoms with Crippen LogP contribution in [0, 0.1) is 0 Å². The van der Waals surface area contributed by atoms with Gasteiger partial charge in [-0.05, 0) is 18.2 Å². The lowest BCUT2D eigenvalue weighted by Crippen LogP contribution is -2.20. The second-order valence-electron chi connectivity index (χ2n) is 5.63. The smallest absolute Gasteiger partial charge is 0.339 e. The molecule has 2 N–H and O–H groups in total. The van der Waals surface area contributed by atoms with Crippen molar-refractivity contribution in [1.82, 2.24) is 0 Å². The molecule has 130 valence electrons. The molecule has 0 amide bonds. The molecule has 0 aliphatic heterocycles. The van der Waals surface area contributed by atoms with E-state index >= 15 is 0 Å². The fourth-order valence-corrected chi connectivity index (χ4v) is 2.48. The summed E-state index contributed by atoms with van der Waals surface area (Å²) in [6.45, 7) is 0. The Labute approximate surface area is 150 Å². The summed E-state index contributed by atoms with van der Waals surface area (Å²) in [5.41, 5.74) is 0.988. The summed E-state index contributed by atoms with van der Waals surface area (Å²) in [5, 5.41) is 18.9. The maximum atomic E-state index is 12.9. The van der Waals surface area contributed by atoms with Crippen LogP contribution < -0.4 is 0 Å². The summed E-state index contributed by atoms with van der Waals surface area (Å²) >= 11 is 0. The molecule has 3 rings (SSSR count). The number of ether oxygens (including phenoxy) is 1. The molecule has 1 unspecified atom stereocenters. The first kappa shape index (κ1) is 17.2.